The second-order valence-corrected chi connectivity index (χ2v) is 5.18. The molecule has 0 saturated heterocycles. The number of carbonyl (C=O) groups excluding carboxylic acids is 1. The normalized spacial score (nSPS) is 9.86. The van der Waals surface area contributed by atoms with E-state index in [1.807, 2.05) is 6.07 Å². The molecule has 1 aromatic carbocycles. The number of hydrogen-bond acceptors (Lipinski definition) is 4. The van der Waals surface area contributed by atoms with Crippen molar-refractivity contribution in [2.75, 3.05) is 0 Å². The molecule has 140 valence electrons. The minimum absolute atomic E-state index is 0. The summed E-state index contributed by atoms with van der Waals surface area (Å²) in [6, 6.07) is 7.61. The van der Waals surface area contributed by atoms with Crippen LogP contribution in [0.2, 0.25) is 0 Å². The second-order valence-electron chi connectivity index (χ2n) is 5.18. The van der Waals surface area contributed by atoms with E-state index in [4.69, 9.17) is 5.73 Å². The summed E-state index contributed by atoms with van der Waals surface area (Å²) >= 11 is 0. The first-order valence-corrected chi connectivity index (χ1v) is 7.56. The van der Waals surface area contributed by atoms with Crippen molar-refractivity contribution in [2.24, 2.45) is 0 Å². The molecule has 3 aromatic rings. The molecule has 0 unspecified atom stereocenters. The summed E-state index contributed by atoms with van der Waals surface area (Å²) in [5.41, 5.74) is 8.83. The SMILES string of the molecule is C=[C-]C(F)F.[K+].[NH-]C(=O)c1ccc(Cn2cc(-c3cccnc3)nn2)c(F)c1. The van der Waals surface area contributed by atoms with Gasteiger partial charge in [0.25, 0.3) is 0 Å². The molecule has 0 bridgehead atoms. The third kappa shape index (κ3) is 7.28. The van der Waals surface area contributed by atoms with Crippen molar-refractivity contribution >= 4 is 5.91 Å². The Labute approximate surface area is 202 Å². The van der Waals surface area contributed by atoms with Crippen LogP contribution in [-0.2, 0) is 6.54 Å². The topological polar surface area (TPSA) is 84.5 Å². The van der Waals surface area contributed by atoms with Gasteiger partial charge in [0.05, 0.1) is 18.6 Å². The molecule has 1 N–H and O–H groups in total. The van der Waals surface area contributed by atoms with Crippen molar-refractivity contribution in [1.82, 2.24) is 20.0 Å². The molecule has 0 aliphatic rings. The van der Waals surface area contributed by atoms with Crippen molar-refractivity contribution in [3.63, 3.8) is 0 Å². The number of nitrogens with one attached hydrogen (secondary N) is 1. The summed E-state index contributed by atoms with van der Waals surface area (Å²) in [6.07, 6.45) is 4.00. The van der Waals surface area contributed by atoms with Crippen LogP contribution in [0.1, 0.15) is 15.9 Å². The number of nitrogens with zero attached hydrogens (tertiary/aromatic N) is 4. The molecule has 0 aliphatic carbocycles. The van der Waals surface area contributed by atoms with E-state index in [0.717, 1.165) is 11.6 Å². The average molecular weight is 412 g/mol. The van der Waals surface area contributed by atoms with Gasteiger partial charge in [0.1, 0.15) is 17.9 Å². The second kappa shape index (κ2) is 11.9. The number of carbonyl (C=O) groups is 1. The van der Waals surface area contributed by atoms with Crippen LogP contribution in [0.25, 0.3) is 17.0 Å². The number of benzene rings is 1. The van der Waals surface area contributed by atoms with Crippen molar-refractivity contribution < 1.29 is 69.4 Å². The standard InChI is InChI=1S/C15H12FN5O.C3H3F2.K/c16-13-6-10(15(17)22)3-4-12(13)8-21-9-14(19-20-21)11-2-1-5-18-7-11;1-2-3(4)5;/h1-7,9H,8H2,(H2,17,22);3H,1H2;/q;-1;+1/p-1. The maximum absolute atomic E-state index is 13.9. The maximum atomic E-state index is 13.9. The van der Waals surface area contributed by atoms with E-state index in [1.54, 1.807) is 24.7 Å². The molecule has 0 spiro atoms. The Balaban J connectivity index is 0.000000584. The van der Waals surface area contributed by atoms with Gasteiger partial charge in [-0.25, -0.2) is 17.9 Å². The van der Waals surface area contributed by atoms with Gasteiger partial charge in [0.15, 0.2) is 0 Å². The van der Waals surface area contributed by atoms with Crippen molar-refractivity contribution in [2.45, 2.75) is 13.0 Å². The van der Waals surface area contributed by atoms with Gasteiger partial charge in [0.2, 0.25) is 0 Å². The maximum Gasteiger partial charge on any atom is 1.00 e. The van der Waals surface area contributed by atoms with E-state index in [-0.39, 0.29) is 63.5 Å². The van der Waals surface area contributed by atoms with Crippen LogP contribution in [0.4, 0.5) is 13.2 Å². The zero-order chi connectivity index (χ0) is 19.8. The van der Waals surface area contributed by atoms with Crippen LogP contribution < -0.4 is 51.4 Å². The van der Waals surface area contributed by atoms with Crippen LogP contribution in [0.3, 0.4) is 0 Å². The third-order valence-electron chi connectivity index (χ3n) is 3.30. The smallest absolute Gasteiger partial charge is 0.664 e. The Morgan fingerprint density at radius 3 is 2.57 bits per heavy atom. The number of rotatable bonds is 5. The van der Waals surface area contributed by atoms with Gasteiger partial charge in [0, 0.05) is 29.1 Å². The molecular weight excluding hydrogens is 398 g/mol. The molecule has 0 radical (unpaired) electrons. The van der Waals surface area contributed by atoms with Crippen LogP contribution in [-0.4, -0.2) is 32.3 Å². The van der Waals surface area contributed by atoms with Gasteiger partial charge in [-0.2, -0.15) is 0 Å². The number of alkyl halides is 2. The third-order valence-corrected chi connectivity index (χ3v) is 3.30. The number of allylic oxidation sites excluding steroid dienone is 1. The van der Waals surface area contributed by atoms with Crippen LogP contribution in [0.5, 0.6) is 0 Å². The number of amides is 1. The Hall–Kier alpha value is -1.85. The minimum atomic E-state index is -2.48. The van der Waals surface area contributed by atoms with Crippen molar-refractivity contribution in [3.05, 3.63) is 84.3 Å². The van der Waals surface area contributed by atoms with Gasteiger partial charge in [-0.3, -0.25) is 11.6 Å². The molecule has 2 aromatic heterocycles. The molecule has 0 saturated carbocycles. The first-order valence-electron chi connectivity index (χ1n) is 7.56. The molecule has 10 heteroatoms. The zero-order valence-electron chi connectivity index (χ0n) is 14.9. The number of halogens is 3. The fourth-order valence-corrected chi connectivity index (χ4v) is 2.01. The number of hydrogen-bond donors (Lipinski definition) is 0. The van der Waals surface area contributed by atoms with E-state index >= 15 is 0 Å². The monoisotopic (exact) mass is 412 g/mol. The van der Waals surface area contributed by atoms with Crippen LogP contribution in [0, 0.1) is 11.9 Å². The predicted octanol–water partition coefficient (Wildman–Crippen LogP) is 0.965. The van der Waals surface area contributed by atoms with Gasteiger partial charge in [-0.15, -0.1) is 5.10 Å². The Morgan fingerprint density at radius 1 is 1.32 bits per heavy atom. The first-order chi connectivity index (χ1) is 12.9. The quantitative estimate of drug-likeness (QED) is 0.462. The van der Waals surface area contributed by atoms with E-state index in [1.165, 1.54) is 22.9 Å². The zero-order valence-corrected chi connectivity index (χ0v) is 18.1. The Kier molecular flexibility index (Phi) is 10.3. The molecule has 0 aliphatic heterocycles. The molecule has 2 heterocycles. The molecule has 0 atom stereocenters. The summed E-state index contributed by atoms with van der Waals surface area (Å²) in [5, 5.41) is 7.98. The molecule has 28 heavy (non-hydrogen) atoms. The summed E-state index contributed by atoms with van der Waals surface area (Å²) < 4.78 is 36.6. The molecule has 0 fully saturated rings. The predicted molar refractivity (Wildman–Crippen MR) is 92.3 cm³/mol. The Morgan fingerprint density at radius 2 is 2.04 bits per heavy atom. The van der Waals surface area contributed by atoms with Gasteiger partial charge >= 0.3 is 51.4 Å². The molecule has 6 nitrogen and oxygen atoms in total. The molecule has 1 amide bonds. The summed E-state index contributed by atoms with van der Waals surface area (Å²) in [4.78, 5) is 14.9. The van der Waals surface area contributed by atoms with Crippen molar-refractivity contribution in [3.8, 4) is 11.3 Å². The van der Waals surface area contributed by atoms with Crippen molar-refractivity contribution in [1.29, 1.82) is 0 Å². The fourth-order valence-electron chi connectivity index (χ4n) is 2.01. The largest absolute Gasteiger partial charge is 1.00 e. The van der Waals surface area contributed by atoms with E-state index in [0.29, 0.717) is 11.3 Å². The van der Waals surface area contributed by atoms with E-state index < -0.39 is 18.1 Å². The van der Waals surface area contributed by atoms with E-state index in [9.17, 15) is 18.0 Å². The molecule has 3 rings (SSSR count). The summed E-state index contributed by atoms with van der Waals surface area (Å²) in [6.45, 7) is 2.87. The van der Waals surface area contributed by atoms with Gasteiger partial charge in [-0.05, 0) is 18.2 Å². The van der Waals surface area contributed by atoms with E-state index in [2.05, 4.69) is 21.9 Å². The van der Waals surface area contributed by atoms with Crippen LogP contribution >= 0.6 is 0 Å². The fraction of sp³-hybridized carbons (Fsp3) is 0.111. The molecular formula is C18H14F3KN5O-. The Bertz CT molecular complexity index is 919. The number of aromatic nitrogens is 4. The number of pyridine rings is 1. The van der Waals surface area contributed by atoms with Crippen LogP contribution in [0.15, 0.2) is 55.5 Å². The average Bonchev–Trinajstić information content (AvgIpc) is 3.13. The van der Waals surface area contributed by atoms with Gasteiger partial charge in [-0.1, -0.05) is 17.3 Å². The summed E-state index contributed by atoms with van der Waals surface area (Å²) in [7, 11) is 0. The van der Waals surface area contributed by atoms with Gasteiger partial charge < -0.3 is 16.6 Å². The first kappa shape index (κ1) is 24.2. The minimum Gasteiger partial charge on any atom is -0.664 e. The summed E-state index contributed by atoms with van der Waals surface area (Å²) in [5.74, 6) is -1.46.